The first kappa shape index (κ1) is 15.4. The minimum atomic E-state index is -0.549. The summed E-state index contributed by atoms with van der Waals surface area (Å²) in [5.41, 5.74) is 0.185. The molecule has 0 aliphatic carbocycles. The number of benzene rings is 1. The van der Waals surface area contributed by atoms with E-state index < -0.39 is 16.6 Å². The van der Waals surface area contributed by atoms with Gasteiger partial charge in [0.05, 0.1) is 11.0 Å². The summed E-state index contributed by atoms with van der Waals surface area (Å²) in [6, 6.07) is 4.68. The van der Waals surface area contributed by atoms with Gasteiger partial charge in [0.2, 0.25) is 5.65 Å². The van der Waals surface area contributed by atoms with Crippen LogP contribution in [0.1, 0.15) is 24.4 Å². The van der Waals surface area contributed by atoms with Crippen LogP contribution in [-0.2, 0) is 0 Å². The van der Waals surface area contributed by atoms with Crippen LogP contribution < -0.4 is 4.90 Å². The predicted molar refractivity (Wildman–Crippen MR) is 85.3 cm³/mol. The molecular weight excluding hydrogens is 332 g/mol. The fraction of sp³-hybridized carbons (Fsp3) is 0.250. The molecule has 1 fully saturated rings. The highest BCUT2D eigenvalue weighted by molar-refractivity contribution is 5.61. The number of rotatable bonds is 3. The highest BCUT2D eigenvalue weighted by Crippen LogP contribution is 2.37. The van der Waals surface area contributed by atoms with Crippen molar-refractivity contribution in [3.8, 4) is 0 Å². The van der Waals surface area contributed by atoms with Crippen molar-refractivity contribution in [1.29, 1.82) is 0 Å². The number of aromatic nitrogens is 3. The molecule has 1 aliphatic heterocycles. The van der Waals surface area contributed by atoms with Crippen LogP contribution in [0.2, 0.25) is 0 Å². The molecule has 3 heterocycles. The van der Waals surface area contributed by atoms with Crippen LogP contribution in [0.4, 0.5) is 20.3 Å². The molecule has 0 unspecified atom stereocenters. The lowest BCUT2D eigenvalue weighted by molar-refractivity contribution is -0.383. The Labute approximate surface area is 140 Å². The van der Waals surface area contributed by atoms with Crippen molar-refractivity contribution < 1.29 is 13.7 Å². The van der Waals surface area contributed by atoms with E-state index in [2.05, 4.69) is 10.1 Å². The highest BCUT2D eigenvalue weighted by atomic mass is 19.1. The largest absolute Gasteiger partial charge is 0.349 e. The average molecular weight is 345 g/mol. The third-order valence-electron chi connectivity index (χ3n) is 4.40. The van der Waals surface area contributed by atoms with Crippen LogP contribution in [0, 0.1) is 21.7 Å². The number of fused-ring (bicyclic) bond motifs is 1. The van der Waals surface area contributed by atoms with E-state index in [-0.39, 0.29) is 22.9 Å². The Kier molecular flexibility index (Phi) is 3.56. The lowest BCUT2D eigenvalue weighted by atomic mass is 10.0. The molecule has 7 nitrogen and oxygen atoms in total. The van der Waals surface area contributed by atoms with Gasteiger partial charge in [-0.1, -0.05) is 0 Å². The fourth-order valence-electron chi connectivity index (χ4n) is 3.27. The molecule has 0 saturated carbocycles. The first-order valence-electron chi connectivity index (χ1n) is 7.75. The quantitative estimate of drug-likeness (QED) is 0.538. The maximum absolute atomic E-state index is 14.2. The topological polar surface area (TPSA) is 76.6 Å². The molecule has 2 aromatic heterocycles. The smallest absolute Gasteiger partial charge is 0.333 e. The molecule has 1 saturated heterocycles. The molecule has 9 heteroatoms. The molecule has 0 bridgehead atoms. The summed E-state index contributed by atoms with van der Waals surface area (Å²) in [6.45, 7) is 0.603. The fourth-order valence-corrected chi connectivity index (χ4v) is 3.27. The zero-order chi connectivity index (χ0) is 17.6. The van der Waals surface area contributed by atoms with Crippen LogP contribution in [0.3, 0.4) is 0 Å². The molecule has 1 atom stereocenters. The van der Waals surface area contributed by atoms with Crippen molar-refractivity contribution in [3.05, 3.63) is 64.0 Å². The molecule has 1 aromatic carbocycles. The molecule has 1 aliphatic rings. The number of anilines is 1. The maximum atomic E-state index is 14.2. The van der Waals surface area contributed by atoms with Crippen molar-refractivity contribution in [3.63, 3.8) is 0 Å². The summed E-state index contributed by atoms with van der Waals surface area (Å²) in [5, 5.41) is 15.0. The van der Waals surface area contributed by atoms with Crippen LogP contribution in [0.5, 0.6) is 0 Å². The lowest BCUT2D eigenvalue weighted by Gasteiger charge is -2.26. The maximum Gasteiger partial charge on any atom is 0.333 e. The second-order valence-corrected chi connectivity index (χ2v) is 5.86. The molecule has 3 aromatic rings. The third kappa shape index (κ3) is 2.57. The van der Waals surface area contributed by atoms with E-state index in [1.165, 1.54) is 10.6 Å². The molecule has 25 heavy (non-hydrogen) atoms. The van der Waals surface area contributed by atoms with Crippen LogP contribution in [-0.4, -0.2) is 26.1 Å². The van der Waals surface area contributed by atoms with Gasteiger partial charge in [-0.25, -0.2) is 18.3 Å². The van der Waals surface area contributed by atoms with Crippen molar-refractivity contribution in [2.24, 2.45) is 0 Å². The van der Waals surface area contributed by atoms with Crippen LogP contribution >= 0.6 is 0 Å². The van der Waals surface area contributed by atoms with Gasteiger partial charge in [-0.3, -0.25) is 10.1 Å². The van der Waals surface area contributed by atoms with Gasteiger partial charge in [0.15, 0.2) is 0 Å². The number of nitro groups is 1. The summed E-state index contributed by atoms with van der Waals surface area (Å²) in [4.78, 5) is 16.7. The van der Waals surface area contributed by atoms with Gasteiger partial charge >= 0.3 is 5.69 Å². The normalized spacial score (nSPS) is 17.4. The highest BCUT2D eigenvalue weighted by Gasteiger charge is 2.30. The molecule has 0 N–H and O–H groups in total. The van der Waals surface area contributed by atoms with Crippen LogP contribution in [0.15, 0.2) is 36.7 Å². The standard InChI is InChI=1S/C16H13F2N5O2/c17-10-3-4-12(18)11(8-10)13-2-1-6-21(13)15-5-7-22-16(20-15)14(9-19-22)23(24)25/h3-5,7-9,13H,1-2,6H2/t13-/m0/s1. The summed E-state index contributed by atoms with van der Waals surface area (Å²) in [5.74, 6) is -0.505. The van der Waals surface area contributed by atoms with Gasteiger partial charge in [0.1, 0.15) is 23.6 Å². The van der Waals surface area contributed by atoms with Gasteiger partial charge in [-0.05, 0) is 37.1 Å². The summed E-state index contributed by atoms with van der Waals surface area (Å²) in [7, 11) is 0. The van der Waals surface area contributed by atoms with Gasteiger partial charge in [-0.15, -0.1) is 0 Å². The molecule has 0 amide bonds. The Bertz CT molecular complexity index is 974. The van der Waals surface area contributed by atoms with Crippen molar-refractivity contribution in [2.75, 3.05) is 11.4 Å². The zero-order valence-corrected chi connectivity index (χ0v) is 13.0. The molecule has 0 radical (unpaired) electrons. The van der Waals surface area contributed by atoms with E-state index in [1.807, 2.05) is 4.90 Å². The Morgan fingerprint density at radius 1 is 1.28 bits per heavy atom. The number of hydrogen-bond acceptors (Lipinski definition) is 5. The third-order valence-corrected chi connectivity index (χ3v) is 4.40. The zero-order valence-electron chi connectivity index (χ0n) is 13.0. The molecule has 4 rings (SSSR count). The van der Waals surface area contributed by atoms with E-state index in [0.717, 1.165) is 24.8 Å². The second-order valence-electron chi connectivity index (χ2n) is 5.86. The first-order valence-corrected chi connectivity index (χ1v) is 7.75. The predicted octanol–water partition coefficient (Wildman–Crippen LogP) is 3.26. The van der Waals surface area contributed by atoms with E-state index >= 15 is 0 Å². The average Bonchev–Trinajstić information content (AvgIpc) is 3.22. The van der Waals surface area contributed by atoms with E-state index in [9.17, 15) is 18.9 Å². The van der Waals surface area contributed by atoms with Crippen molar-refractivity contribution in [1.82, 2.24) is 14.6 Å². The van der Waals surface area contributed by atoms with Crippen LogP contribution in [0.25, 0.3) is 5.65 Å². The van der Waals surface area contributed by atoms with Crippen molar-refractivity contribution >= 4 is 17.2 Å². The summed E-state index contributed by atoms with van der Waals surface area (Å²) < 4.78 is 29.0. The van der Waals surface area contributed by atoms with E-state index in [4.69, 9.17) is 0 Å². The molecule has 128 valence electrons. The minimum Gasteiger partial charge on any atom is -0.349 e. The SMILES string of the molecule is O=[N+]([O-])c1cnn2ccc(N3CCC[C@H]3c3cc(F)ccc3F)nc12. The number of hydrogen-bond donors (Lipinski definition) is 0. The lowest BCUT2D eigenvalue weighted by Crippen LogP contribution is -2.24. The van der Waals surface area contributed by atoms with E-state index in [1.54, 1.807) is 12.3 Å². The monoisotopic (exact) mass is 345 g/mol. The second kappa shape index (κ2) is 5.76. The van der Waals surface area contributed by atoms with Gasteiger partial charge in [0.25, 0.3) is 0 Å². The Morgan fingerprint density at radius 3 is 2.92 bits per heavy atom. The van der Waals surface area contributed by atoms with Crippen molar-refractivity contribution in [2.45, 2.75) is 18.9 Å². The van der Waals surface area contributed by atoms with Gasteiger partial charge in [0, 0.05) is 18.3 Å². The summed E-state index contributed by atoms with van der Waals surface area (Å²) >= 11 is 0. The Hall–Kier alpha value is -3.10. The summed E-state index contributed by atoms with van der Waals surface area (Å²) in [6.07, 6.45) is 4.14. The first-order chi connectivity index (χ1) is 12.0. The Balaban J connectivity index is 1.77. The van der Waals surface area contributed by atoms with Gasteiger partial charge < -0.3 is 4.90 Å². The Morgan fingerprint density at radius 2 is 2.12 bits per heavy atom. The minimum absolute atomic E-state index is 0.118. The van der Waals surface area contributed by atoms with E-state index in [0.29, 0.717) is 18.8 Å². The number of halogens is 2. The molecule has 0 spiro atoms. The number of nitrogens with zero attached hydrogens (tertiary/aromatic N) is 5. The van der Waals surface area contributed by atoms with Gasteiger partial charge in [-0.2, -0.15) is 5.10 Å². The molecular formula is C16H13F2N5O2.